The standard InChI is InChI=1S/C18H24N2O2/c1-2-3-15-4-5-16-6-7-18(21)20(17(16)14-15)9-8-19-10-12-22-13-11-19/h2,4-5,14H,1,3,6-13H2. The second-order valence-electron chi connectivity index (χ2n) is 5.96. The van der Waals surface area contributed by atoms with E-state index < -0.39 is 0 Å². The molecule has 3 rings (SSSR count). The fraction of sp³-hybridized carbons (Fsp3) is 0.500. The van der Waals surface area contributed by atoms with E-state index in [0.717, 1.165) is 57.9 Å². The lowest BCUT2D eigenvalue weighted by atomic mass is 9.98. The first-order chi connectivity index (χ1) is 10.8. The normalized spacial score (nSPS) is 19.1. The molecule has 0 saturated carbocycles. The zero-order valence-corrected chi connectivity index (χ0v) is 13.1. The average molecular weight is 300 g/mol. The summed E-state index contributed by atoms with van der Waals surface area (Å²) in [5.74, 6) is 0.247. The van der Waals surface area contributed by atoms with Gasteiger partial charge < -0.3 is 9.64 Å². The van der Waals surface area contributed by atoms with E-state index in [1.807, 2.05) is 11.0 Å². The van der Waals surface area contributed by atoms with Crippen molar-refractivity contribution >= 4 is 11.6 Å². The van der Waals surface area contributed by atoms with Crippen LogP contribution in [0.25, 0.3) is 0 Å². The lowest BCUT2D eigenvalue weighted by Crippen LogP contribution is -2.44. The summed E-state index contributed by atoms with van der Waals surface area (Å²) in [6.07, 6.45) is 4.23. The van der Waals surface area contributed by atoms with Crippen molar-refractivity contribution in [1.29, 1.82) is 0 Å². The molecule has 2 aliphatic rings. The molecule has 0 bridgehead atoms. The summed E-state index contributed by atoms with van der Waals surface area (Å²) in [6, 6.07) is 6.48. The molecule has 0 spiro atoms. The number of carbonyl (C=O) groups is 1. The highest BCUT2D eigenvalue weighted by Gasteiger charge is 2.24. The number of hydrogen-bond donors (Lipinski definition) is 0. The van der Waals surface area contributed by atoms with Crippen molar-refractivity contribution in [2.45, 2.75) is 19.3 Å². The predicted molar refractivity (Wildman–Crippen MR) is 88.3 cm³/mol. The summed E-state index contributed by atoms with van der Waals surface area (Å²) in [6.45, 7) is 9.01. The van der Waals surface area contributed by atoms with Crippen LogP contribution in [0.5, 0.6) is 0 Å². The summed E-state index contributed by atoms with van der Waals surface area (Å²) >= 11 is 0. The quantitative estimate of drug-likeness (QED) is 0.780. The second-order valence-corrected chi connectivity index (χ2v) is 5.96. The minimum Gasteiger partial charge on any atom is -0.379 e. The van der Waals surface area contributed by atoms with E-state index in [9.17, 15) is 4.79 Å². The summed E-state index contributed by atoms with van der Waals surface area (Å²) in [5.41, 5.74) is 3.61. The van der Waals surface area contributed by atoms with Gasteiger partial charge in [0.2, 0.25) is 5.91 Å². The van der Waals surface area contributed by atoms with E-state index >= 15 is 0 Å². The highest BCUT2D eigenvalue weighted by Crippen LogP contribution is 2.29. The van der Waals surface area contributed by atoms with Crippen LogP contribution in [0.4, 0.5) is 5.69 Å². The van der Waals surface area contributed by atoms with Gasteiger partial charge >= 0.3 is 0 Å². The molecule has 0 aliphatic carbocycles. The first-order valence-electron chi connectivity index (χ1n) is 8.11. The largest absolute Gasteiger partial charge is 0.379 e. The van der Waals surface area contributed by atoms with Crippen LogP contribution in [0.1, 0.15) is 17.5 Å². The molecule has 1 aromatic carbocycles. The number of nitrogens with zero attached hydrogens (tertiary/aromatic N) is 2. The SMILES string of the molecule is C=CCc1ccc2c(c1)N(CCN1CCOCC1)C(=O)CC2. The maximum absolute atomic E-state index is 12.4. The van der Waals surface area contributed by atoms with Crippen LogP contribution >= 0.6 is 0 Å². The zero-order chi connectivity index (χ0) is 15.4. The molecule has 4 nitrogen and oxygen atoms in total. The topological polar surface area (TPSA) is 32.8 Å². The fourth-order valence-electron chi connectivity index (χ4n) is 3.19. The van der Waals surface area contributed by atoms with E-state index in [0.29, 0.717) is 6.42 Å². The average Bonchev–Trinajstić information content (AvgIpc) is 2.55. The Hall–Kier alpha value is -1.65. The van der Waals surface area contributed by atoms with Crippen molar-refractivity contribution in [1.82, 2.24) is 4.90 Å². The molecule has 0 aromatic heterocycles. The van der Waals surface area contributed by atoms with Crippen LogP contribution in [0, 0.1) is 0 Å². The van der Waals surface area contributed by atoms with Crippen molar-refractivity contribution in [3.8, 4) is 0 Å². The lowest BCUT2D eigenvalue weighted by molar-refractivity contribution is -0.119. The smallest absolute Gasteiger partial charge is 0.227 e. The van der Waals surface area contributed by atoms with E-state index in [1.165, 1.54) is 11.1 Å². The highest BCUT2D eigenvalue weighted by molar-refractivity contribution is 5.96. The number of ether oxygens (including phenoxy) is 1. The summed E-state index contributed by atoms with van der Waals surface area (Å²) in [7, 11) is 0. The van der Waals surface area contributed by atoms with Crippen LogP contribution in [0.3, 0.4) is 0 Å². The van der Waals surface area contributed by atoms with Gasteiger partial charge in [0.1, 0.15) is 0 Å². The number of allylic oxidation sites excluding steroid dienone is 1. The molecular formula is C18H24N2O2. The Morgan fingerprint density at radius 1 is 1.18 bits per heavy atom. The number of hydrogen-bond acceptors (Lipinski definition) is 3. The van der Waals surface area contributed by atoms with Crippen LogP contribution in [-0.4, -0.2) is 50.2 Å². The van der Waals surface area contributed by atoms with Crippen molar-refractivity contribution < 1.29 is 9.53 Å². The number of carbonyl (C=O) groups excluding carboxylic acids is 1. The van der Waals surface area contributed by atoms with Gasteiger partial charge in [-0.25, -0.2) is 0 Å². The van der Waals surface area contributed by atoms with Gasteiger partial charge in [-0.15, -0.1) is 6.58 Å². The number of fused-ring (bicyclic) bond motifs is 1. The Balaban J connectivity index is 1.74. The molecule has 1 aromatic rings. The van der Waals surface area contributed by atoms with Gasteiger partial charge in [-0.2, -0.15) is 0 Å². The summed E-state index contributed by atoms with van der Waals surface area (Å²) in [5, 5.41) is 0. The summed E-state index contributed by atoms with van der Waals surface area (Å²) < 4.78 is 5.38. The van der Waals surface area contributed by atoms with Gasteiger partial charge in [0.15, 0.2) is 0 Å². The van der Waals surface area contributed by atoms with E-state index in [4.69, 9.17) is 4.74 Å². The maximum atomic E-state index is 12.4. The number of rotatable bonds is 5. The Kier molecular flexibility index (Phi) is 4.90. The fourth-order valence-corrected chi connectivity index (χ4v) is 3.19. The molecule has 0 N–H and O–H groups in total. The van der Waals surface area contributed by atoms with Gasteiger partial charge in [-0.05, 0) is 30.0 Å². The second kappa shape index (κ2) is 7.07. The molecule has 1 amide bonds. The molecule has 0 unspecified atom stereocenters. The monoisotopic (exact) mass is 300 g/mol. The zero-order valence-electron chi connectivity index (χ0n) is 13.1. The van der Waals surface area contributed by atoms with Crippen molar-refractivity contribution in [2.24, 2.45) is 0 Å². The highest BCUT2D eigenvalue weighted by atomic mass is 16.5. The maximum Gasteiger partial charge on any atom is 0.227 e. The van der Waals surface area contributed by atoms with Gasteiger partial charge in [0, 0.05) is 38.3 Å². The van der Waals surface area contributed by atoms with Gasteiger partial charge in [-0.1, -0.05) is 18.2 Å². The molecule has 4 heteroatoms. The van der Waals surface area contributed by atoms with E-state index in [2.05, 4.69) is 29.7 Å². The molecule has 0 atom stereocenters. The number of amides is 1. The third-order valence-corrected chi connectivity index (χ3v) is 4.47. The summed E-state index contributed by atoms with van der Waals surface area (Å²) in [4.78, 5) is 16.7. The first kappa shape index (κ1) is 15.3. The number of aryl methyl sites for hydroxylation is 1. The van der Waals surface area contributed by atoms with Crippen molar-refractivity contribution in [3.63, 3.8) is 0 Å². The minimum absolute atomic E-state index is 0.247. The van der Waals surface area contributed by atoms with Crippen LogP contribution < -0.4 is 4.90 Å². The first-order valence-corrected chi connectivity index (χ1v) is 8.11. The number of morpholine rings is 1. The Morgan fingerprint density at radius 2 is 2.00 bits per heavy atom. The van der Waals surface area contributed by atoms with Gasteiger partial charge in [0.05, 0.1) is 13.2 Å². The van der Waals surface area contributed by atoms with Crippen LogP contribution in [-0.2, 0) is 22.4 Å². The van der Waals surface area contributed by atoms with Crippen LogP contribution in [0.15, 0.2) is 30.9 Å². The predicted octanol–water partition coefficient (Wildman–Crippen LogP) is 2.03. The number of benzene rings is 1. The molecule has 1 fully saturated rings. The Morgan fingerprint density at radius 3 is 2.77 bits per heavy atom. The minimum atomic E-state index is 0.247. The Labute approximate surface area is 132 Å². The van der Waals surface area contributed by atoms with E-state index in [-0.39, 0.29) is 5.91 Å². The molecule has 2 heterocycles. The molecule has 118 valence electrons. The number of anilines is 1. The van der Waals surface area contributed by atoms with Crippen molar-refractivity contribution in [2.75, 3.05) is 44.3 Å². The van der Waals surface area contributed by atoms with Crippen LogP contribution in [0.2, 0.25) is 0 Å². The Bertz CT molecular complexity index is 550. The molecular weight excluding hydrogens is 276 g/mol. The van der Waals surface area contributed by atoms with Gasteiger partial charge in [-0.3, -0.25) is 9.69 Å². The van der Waals surface area contributed by atoms with E-state index in [1.54, 1.807) is 0 Å². The third-order valence-electron chi connectivity index (χ3n) is 4.47. The molecule has 22 heavy (non-hydrogen) atoms. The lowest BCUT2D eigenvalue weighted by Gasteiger charge is -2.33. The third kappa shape index (κ3) is 3.39. The van der Waals surface area contributed by atoms with Crippen molar-refractivity contribution in [3.05, 3.63) is 42.0 Å². The molecule has 0 radical (unpaired) electrons. The van der Waals surface area contributed by atoms with Gasteiger partial charge in [0.25, 0.3) is 0 Å². The molecule has 2 aliphatic heterocycles. The molecule has 1 saturated heterocycles.